The number of halogens is 1. The number of nitrogens with zero attached hydrogens (tertiary/aromatic N) is 2. The molecular formula is C12H20BrN3O. The first-order valence-corrected chi connectivity index (χ1v) is 6.82. The van der Waals surface area contributed by atoms with Gasteiger partial charge < -0.3 is 10.1 Å². The molecule has 17 heavy (non-hydrogen) atoms. The van der Waals surface area contributed by atoms with E-state index in [1.165, 1.54) is 12.1 Å². The van der Waals surface area contributed by atoms with Gasteiger partial charge in [0.05, 0.1) is 22.5 Å². The molecule has 4 nitrogen and oxygen atoms in total. The third-order valence-corrected chi connectivity index (χ3v) is 4.41. The fraction of sp³-hybridized carbons (Fsp3) is 0.750. The molecule has 5 heteroatoms. The standard InChI is InChI=1S/C12H20BrN3O/c1-9-11(13)10(16(3)15-9)7-14-12(2)5-4-6-17-8-12/h14H,4-8H2,1-3H3. The third-order valence-electron chi connectivity index (χ3n) is 3.38. The van der Waals surface area contributed by atoms with Crippen molar-refractivity contribution < 1.29 is 4.74 Å². The normalized spacial score (nSPS) is 25.2. The molecule has 0 aromatic carbocycles. The molecule has 96 valence electrons. The molecular weight excluding hydrogens is 282 g/mol. The summed E-state index contributed by atoms with van der Waals surface area (Å²) in [5.74, 6) is 0. The minimum atomic E-state index is 0.0931. The van der Waals surface area contributed by atoms with Crippen molar-refractivity contribution in [2.24, 2.45) is 7.05 Å². The van der Waals surface area contributed by atoms with Crippen molar-refractivity contribution in [1.29, 1.82) is 0 Å². The molecule has 2 rings (SSSR count). The van der Waals surface area contributed by atoms with E-state index in [1.807, 2.05) is 18.7 Å². The molecule has 1 aliphatic rings. The number of hydrogen-bond donors (Lipinski definition) is 1. The minimum Gasteiger partial charge on any atom is -0.380 e. The van der Waals surface area contributed by atoms with E-state index in [4.69, 9.17) is 4.74 Å². The molecule has 0 saturated carbocycles. The van der Waals surface area contributed by atoms with Crippen LogP contribution in [0, 0.1) is 6.92 Å². The van der Waals surface area contributed by atoms with Crippen molar-refractivity contribution in [3.05, 3.63) is 15.9 Å². The maximum atomic E-state index is 5.54. The molecule has 1 aliphatic heterocycles. The Kier molecular flexibility index (Phi) is 3.90. The molecule has 1 aromatic rings. The minimum absolute atomic E-state index is 0.0931. The summed E-state index contributed by atoms with van der Waals surface area (Å²) in [6, 6.07) is 0. The number of rotatable bonds is 3. The zero-order valence-corrected chi connectivity index (χ0v) is 12.3. The molecule has 0 amide bonds. The number of aromatic nitrogens is 2. The highest BCUT2D eigenvalue weighted by Gasteiger charge is 2.27. The Morgan fingerprint density at radius 2 is 2.35 bits per heavy atom. The highest BCUT2D eigenvalue weighted by atomic mass is 79.9. The number of nitrogens with one attached hydrogen (secondary N) is 1. The molecule has 0 bridgehead atoms. The summed E-state index contributed by atoms with van der Waals surface area (Å²) in [5.41, 5.74) is 2.32. The van der Waals surface area contributed by atoms with Crippen LogP contribution in [0.15, 0.2) is 4.47 Å². The van der Waals surface area contributed by atoms with E-state index in [0.29, 0.717) is 0 Å². The van der Waals surface area contributed by atoms with Crippen molar-refractivity contribution in [2.75, 3.05) is 13.2 Å². The number of aryl methyl sites for hydroxylation is 2. The Morgan fingerprint density at radius 1 is 1.59 bits per heavy atom. The van der Waals surface area contributed by atoms with Crippen LogP contribution in [0.2, 0.25) is 0 Å². The molecule has 1 saturated heterocycles. The van der Waals surface area contributed by atoms with Crippen molar-refractivity contribution in [1.82, 2.24) is 15.1 Å². The summed E-state index contributed by atoms with van der Waals surface area (Å²) in [5, 5.41) is 7.99. The highest BCUT2D eigenvalue weighted by molar-refractivity contribution is 9.10. The average molecular weight is 302 g/mol. The molecule has 1 unspecified atom stereocenters. The van der Waals surface area contributed by atoms with E-state index >= 15 is 0 Å². The molecule has 1 atom stereocenters. The van der Waals surface area contributed by atoms with Gasteiger partial charge in [-0.25, -0.2) is 0 Å². The molecule has 2 heterocycles. The Bertz CT molecular complexity index is 397. The smallest absolute Gasteiger partial charge is 0.0739 e. The quantitative estimate of drug-likeness (QED) is 0.930. The summed E-state index contributed by atoms with van der Waals surface area (Å²) in [7, 11) is 1.98. The van der Waals surface area contributed by atoms with Crippen LogP contribution < -0.4 is 5.32 Å². The van der Waals surface area contributed by atoms with Gasteiger partial charge in [0.15, 0.2) is 0 Å². The van der Waals surface area contributed by atoms with Crippen LogP contribution in [0.4, 0.5) is 0 Å². The summed E-state index contributed by atoms with van der Waals surface area (Å²) in [6.45, 7) is 6.74. The summed E-state index contributed by atoms with van der Waals surface area (Å²) < 4.78 is 8.58. The predicted octanol–water partition coefficient (Wildman–Crippen LogP) is 2.15. The Hall–Kier alpha value is -0.390. The van der Waals surface area contributed by atoms with Crippen LogP contribution in [0.1, 0.15) is 31.2 Å². The lowest BCUT2D eigenvalue weighted by atomic mass is 9.95. The van der Waals surface area contributed by atoms with Crippen LogP contribution in [-0.2, 0) is 18.3 Å². The van der Waals surface area contributed by atoms with E-state index in [0.717, 1.165) is 36.3 Å². The van der Waals surface area contributed by atoms with Gasteiger partial charge in [-0.2, -0.15) is 5.10 Å². The van der Waals surface area contributed by atoms with Gasteiger partial charge in [0.1, 0.15) is 0 Å². The maximum Gasteiger partial charge on any atom is 0.0739 e. The molecule has 0 radical (unpaired) electrons. The number of hydrogen-bond acceptors (Lipinski definition) is 3. The van der Waals surface area contributed by atoms with Crippen molar-refractivity contribution >= 4 is 15.9 Å². The predicted molar refractivity (Wildman–Crippen MR) is 70.9 cm³/mol. The first-order chi connectivity index (χ1) is 8.02. The Balaban J connectivity index is 2.01. The Morgan fingerprint density at radius 3 is 2.88 bits per heavy atom. The largest absolute Gasteiger partial charge is 0.380 e. The van der Waals surface area contributed by atoms with Crippen molar-refractivity contribution in [3.63, 3.8) is 0 Å². The third kappa shape index (κ3) is 2.89. The van der Waals surface area contributed by atoms with Crippen LogP contribution in [0.5, 0.6) is 0 Å². The van der Waals surface area contributed by atoms with Gasteiger partial charge in [0.2, 0.25) is 0 Å². The highest BCUT2D eigenvalue weighted by Crippen LogP contribution is 2.23. The summed E-state index contributed by atoms with van der Waals surface area (Å²) in [6.07, 6.45) is 2.30. The second kappa shape index (κ2) is 5.08. The van der Waals surface area contributed by atoms with Crippen LogP contribution in [-0.4, -0.2) is 28.5 Å². The van der Waals surface area contributed by atoms with Gasteiger partial charge in [0.25, 0.3) is 0 Å². The fourth-order valence-corrected chi connectivity index (χ4v) is 2.72. The van der Waals surface area contributed by atoms with Crippen LogP contribution >= 0.6 is 15.9 Å². The van der Waals surface area contributed by atoms with E-state index in [9.17, 15) is 0 Å². The van der Waals surface area contributed by atoms with Gasteiger partial charge in [-0.1, -0.05) is 0 Å². The monoisotopic (exact) mass is 301 g/mol. The van der Waals surface area contributed by atoms with Gasteiger partial charge in [-0.15, -0.1) is 0 Å². The fourth-order valence-electron chi connectivity index (χ4n) is 2.24. The van der Waals surface area contributed by atoms with E-state index in [1.54, 1.807) is 0 Å². The van der Waals surface area contributed by atoms with Gasteiger partial charge >= 0.3 is 0 Å². The van der Waals surface area contributed by atoms with E-state index < -0.39 is 0 Å². The van der Waals surface area contributed by atoms with Crippen LogP contribution in [0.25, 0.3) is 0 Å². The average Bonchev–Trinajstić information content (AvgIpc) is 2.52. The summed E-state index contributed by atoms with van der Waals surface area (Å²) in [4.78, 5) is 0. The zero-order chi connectivity index (χ0) is 12.5. The molecule has 1 N–H and O–H groups in total. The Labute approximate surface area is 111 Å². The second-order valence-electron chi connectivity index (χ2n) is 5.04. The first kappa shape index (κ1) is 13.1. The lowest BCUT2D eigenvalue weighted by Crippen LogP contribution is -2.48. The van der Waals surface area contributed by atoms with Crippen molar-refractivity contribution in [3.8, 4) is 0 Å². The van der Waals surface area contributed by atoms with Gasteiger partial charge in [-0.05, 0) is 42.6 Å². The lowest BCUT2D eigenvalue weighted by Gasteiger charge is -2.34. The molecule has 1 aromatic heterocycles. The van der Waals surface area contributed by atoms with E-state index in [2.05, 4.69) is 33.3 Å². The maximum absolute atomic E-state index is 5.54. The SMILES string of the molecule is Cc1nn(C)c(CNC2(C)CCCOC2)c1Br. The van der Waals surface area contributed by atoms with Gasteiger partial charge in [0, 0.05) is 25.7 Å². The summed E-state index contributed by atoms with van der Waals surface area (Å²) >= 11 is 3.59. The van der Waals surface area contributed by atoms with Gasteiger partial charge in [-0.3, -0.25) is 4.68 Å². The number of ether oxygens (including phenoxy) is 1. The molecule has 1 fully saturated rings. The van der Waals surface area contributed by atoms with Crippen molar-refractivity contribution in [2.45, 2.75) is 38.8 Å². The molecule has 0 aliphatic carbocycles. The lowest BCUT2D eigenvalue weighted by molar-refractivity contribution is 0.0275. The zero-order valence-electron chi connectivity index (χ0n) is 10.7. The first-order valence-electron chi connectivity index (χ1n) is 6.02. The second-order valence-corrected chi connectivity index (χ2v) is 5.83. The van der Waals surface area contributed by atoms with E-state index in [-0.39, 0.29) is 5.54 Å². The topological polar surface area (TPSA) is 39.1 Å². The van der Waals surface area contributed by atoms with Crippen LogP contribution in [0.3, 0.4) is 0 Å². The molecule has 0 spiro atoms.